The topological polar surface area (TPSA) is 0 Å². The van der Waals surface area contributed by atoms with Gasteiger partial charge in [0.2, 0.25) is 0 Å². The number of fused-ring (bicyclic) bond motifs is 8. The van der Waals surface area contributed by atoms with Crippen molar-refractivity contribution in [1.82, 2.24) is 0 Å². The highest BCUT2D eigenvalue weighted by Crippen LogP contribution is 2.28. The number of hydrogen-bond donors (Lipinski definition) is 0. The minimum absolute atomic E-state index is 1.31. The smallest absolute Gasteiger partial charge is 0.0788 e. The van der Waals surface area contributed by atoms with Gasteiger partial charge in [-0.05, 0) is 39.1 Å². The average Bonchev–Trinajstić information content (AvgIpc) is 3.25. The van der Waals surface area contributed by atoms with Crippen LogP contribution < -0.4 is 21.9 Å². The van der Waals surface area contributed by atoms with Gasteiger partial charge in [0.25, 0.3) is 0 Å². The van der Waals surface area contributed by atoms with Gasteiger partial charge in [0.15, 0.2) is 14.6 Å². The lowest BCUT2D eigenvalue weighted by molar-refractivity contribution is 1.50. The second-order valence-electron chi connectivity index (χ2n) is 6.65. The third-order valence-electron chi connectivity index (χ3n) is 5.35. The first-order chi connectivity index (χ1) is 12.9. The van der Waals surface area contributed by atoms with Gasteiger partial charge in [-0.25, -0.2) is 0 Å². The summed E-state index contributed by atoms with van der Waals surface area (Å²) in [6.45, 7) is 4.00. The molecule has 120 valence electrons. The van der Waals surface area contributed by atoms with Gasteiger partial charge in [0.05, 0.1) is 0 Å². The lowest BCUT2D eigenvalue weighted by Crippen LogP contribution is -2.39. The van der Waals surface area contributed by atoms with E-state index in [4.69, 9.17) is 0 Å². The van der Waals surface area contributed by atoms with Crippen molar-refractivity contribution in [3.05, 3.63) is 72.8 Å². The Labute approximate surface area is 156 Å². The fraction of sp³-hybridized carbons (Fsp3) is 0.0833. The van der Waals surface area contributed by atoms with Crippen LogP contribution in [-0.2, 0) is 0 Å². The predicted molar refractivity (Wildman–Crippen MR) is 116 cm³/mol. The van der Waals surface area contributed by atoms with Crippen molar-refractivity contribution in [2.45, 2.75) is 13.8 Å². The molecule has 2 aliphatic heterocycles. The van der Waals surface area contributed by atoms with Gasteiger partial charge in [-0.1, -0.05) is 102 Å². The third-order valence-corrected chi connectivity index (χ3v) is 5.35. The Hall–Kier alpha value is -2.73. The highest BCUT2D eigenvalue weighted by atomic mass is 14.2. The molecule has 0 aliphatic carbocycles. The molecule has 2 radical (unpaired) electrons. The molecular formula is C24H18B2. The Morgan fingerprint density at radius 2 is 1.08 bits per heavy atom. The summed E-state index contributed by atoms with van der Waals surface area (Å²) >= 11 is 0. The van der Waals surface area contributed by atoms with Gasteiger partial charge in [-0.15, -0.1) is 0 Å². The van der Waals surface area contributed by atoms with Crippen molar-refractivity contribution in [2.75, 3.05) is 0 Å². The Kier molecular flexibility index (Phi) is 3.53. The number of rotatable bonds is 0. The molecule has 26 heavy (non-hydrogen) atoms. The van der Waals surface area contributed by atoms with E-state index >= 15 is 0 Å². The Morgan fingerprint density at radius 3 is 1.85 bits per heavy atom. The average molecular weight is 328 g/mol. The summed E-state index contributed by atoms with van der Waals surface area (Å²) < 4.78 is 0. The molecule has 0 bridgehead atoms. The van der Waals surface area contributed by atoms with Crippen molar-refractivity contribution in [1.29, 1.82) is 0 Å². The molecule has 0 N–H and O–H groups in total. The quantitative estimate of drug-likeness (QED) is 0.376. The minimum atomic E-state index is 1.31. The largest absolute Gasteiger partial charge is 0.192 e. The van der Waals surface area contributed by atoms with Gasteiger partial charge in [0, 0.05) is 0 Å². The van der Waals surface area contributed by atoms with Crippen molar-refractivity contribution < 1.29 is 0 Å². The Balaban J connectivity index is 0.000000727. The van der Waals surface area contributed by atoms with E-state index in [1.54, 1.807) is 0 Å². The van der Waals surface area contributed by atoms with E-state index in [2.05, 4.69) is 87.4 Å². The highest BCUT2D eigenvalue weighted by Gasteiger charge is 2.28. The fourth-order valence-electron chi connectivity index (χ4n) is 4.21. The standard InChI is InChI=1S/C22H12B2.C2H6/c1-2-6-14-12-20-18(11-13(14)5-1)17-10-9-16-15-7-3-4-8-19(15)23-21(16)22(17)24-20;1-2/h1-12H;1-2H3. The van der Waals surface area contributed by atoms with Crippen LogP contribution in [0.5, 0.6) is 0 Å². The van der Waals surface area contributed by atoms with Crippen LogP contribution in [0.15, 0.2) is 72.8 Å². The maximum atomic E-state index is 2.36. The van der Waals surface area contributed by atoms with E-state index in [1.165, 1.54) is 54.9 Å². The molecule has 0 fully saturated rings. The summed E-state index contributed by atoms with van der Waals surface area (Å²) in [6, 6.07) is 26.5. The first-order valence-corrected chi connectivity index (χ1v) is 9.37. The summed E-state index contributed by atoms with van der Waals surface area (Å²) in [4.78, 5) is 0. The molecule has 6 rings (SSSR count). The van der Waals surface area contributed by atoms with E-state index in [-0.39, 0.29) is 0 Å². The highest BCUT2D eigenvalue weighted by molar-refractivity contribution is 6.84. The third kappa shape index (κ3) is 2.12. The van der Waals surface area contributed by atoms with Gasteiger partial charge in [-0.3, -0.25) is 0 Å². The molecule has 2 heteroatoms. The maximum Gasteiger partial charge on any atom is 0.192 e. The predicted octanol–water partition coefficient (Wildman–Crippen LogP) is 3.14. The Bertz CT molecular complexity index is 1160. The van der Waals surface area contributed by atoms with E-state index in [0.717, 1.165) is 0 Å². The first-order valence-electron chi connectivity index (χ1n) is 9.37. The van der Waals surface area contributed by atoms with Gasteiger partial charge < -0.3 is 0 Å². The summed E-state index contributed by atoms with van der Waals surface area (Å²) in [7, 11) is 4.70. The molecule has 4 aromatic rings. The van der Waals surface area contributed by atoms with Crippen LogP contribution in [0.3, 0.4) is 0 Å². The molecule has 2 heterocycles. The summed E-state index contributed by atoms with van der Waals surface area (Å²) in [5.41, 5.74) is 10.8. The summed E-state index contributed by atoms with van der Waals surface area (Å²) in [5, 5.41) is 2.62. The molecule has 4 aromatic carbocycles. The molecule has 0 spiro atoms. The molecule has 0 saturated heterocycles. The normalized spacial score (nSPS) is 12.1. The van der Waals surface area contributed by atoms with Crippen LogP contribution in [0, 0.1) is 0 Å². The fourth-order valence-corrected chi connectivity index (χ4v) is 4.21. The second-order valence-corrected chi connectivity index (χ2v) is 6.65. The van der Waals surface area contributed by atoms with Crippen LogP contribution in [-0.4, -0.2) is 14.6 Å². The first kappa shape index (κ1) is 15.5. The Morgan fingerprint density at radius 1 is 0.500 bits per heavy atom. The van der Waals surface area contributed by atoms with Crippen molar-refractivity contribution in [3.8, 4) is 22.3 Å². The van der Waals surface area contributed by atoms with Crippen LogP contribution in [0.2, 0.25) is 0 Å². The minimum Gasteiger partial charge on any atom is -0.0788 e. The van der Waals surface area contributed by atoms with Gasteiger partial charge >= 0.3 is 0 Å². The second kappa shape index (κ2) is 5.92. The zero-order valence-corrected chi connectivity index (χ0v) is 15.1. The lowest BCUT2D eigenvalue weighted by atomic mass is 9.57. The van der Waals surface area contributed by atoms with Crippen LogP contribution >= 0.6 is 0 Å². The van der Waals surface area contributed by atoms with E-state index < -0.39 is 0 Å². The van der Waals surface area contributed by atoms with Crippen molar-refractivity contribution in [2.24, 2.45) is 0 Å². The lowest BCUT2D eigenvalue weighted by Gasteiger charge is -2.09. The van der Waals surface area contributed by atoms with E-state index in [9.17, 15) is 0 Å². The molecule has 0 amide bonds. The SMILES string of the molecule is CC.[B]1c2ccccc2-c2ccc3c(c21)[B]c1cc2ccccc2cc1-3. The van der Waals surface area contributed by atoms with Crippen molar-refractivity contribution in [3.63, 3.8) is 0 Å². The maximum absolute atomic E-state index is 2.36. The summed E-state index contributed by atoms with van der Waals surface area (Å²) in [6.07, 6.45) is 0. The van der Waals surface area contributed by atoms with Crippen LogP contribution in [0.4, 0.5) is 0 Å². The summed E-state index contributed by atoms with van der Waals surface area (Å²) in [5.74, 6) is 0. The van der Waals surface area contributed by atoms with Crippen LogP contribution in [0.1, 0.15) is 13.8 Å². The molecule has 0 atom stereocenters. The molecule has 0 aromatic heterocycles. The zero-order chi connectivity index (χ0) is 17.7. The molecule has 0 nitrogen and oxygen atoms in total. The van der Waals surface area contributed by atoms with Crippen LogP contribution in [0.25, 0.3) is 33.0 Å². The van der Waals surface area contributed by atoms with E-state index in [0.29, 0.717) is 0 Å². The monoisotopic (exact) mass is 328 g/mol. The number of hydrogen-bond acceptors (Lipinski definition) is 0. The van der Waals surface area contributed by atoms with Crippen molar-refractivity contribution >= 4 is 47.2 Å². The molecule has 0 unspecified atom stereocenters. The molecule has 2 aliphatic rings. The zero-order valence-electron chi connectivity index (χ0n) is 15.1. The molecule has 0 saturated carbocycles. The molecular weight excluding hydrogens is 310 g/mol. The van der Waals surface area contributed by atoms with Gasteiger partial charge in [-0.2, -0.15) is 0 Å². The van der Waals surface area contributed by atoms with Gasteiger partial charge in [0.1, 0.15) is 0 Å². The number of benzene rings is 4. The van der Waals surface area contributed by atoms with E-state index in [1.807, 2.05) is 13.8 Å².